The summed E-state index contributed by atoms with van der Waals surface area (Å²) in [7, 11) is 1.35. The third kappa shape index (κ3) is 3.29. The van der Waals surface area contributed by atoms with Gasteiger partial charge in [-0.05, 0) is 17.5 Å². The molecule has 0 aliphatic carbocycles. The third-order valence-corrected chi connectivity index (χ3v) is 2.89. The first-order chi connectivity index (χ1) is 8.28. The Morgan fingerprint density at radius 3 is 3.18 bits per heavy atom. The summed E-state index contributed by atoms with van der Waals surface area (Å²) in [6.07, 6.45) is 5.28. The lowest BCUT2D eigenvalue weighted by atomic mass is 10.3. The summed E-state index contributed by atoms with van der Waals surface area (Å²) in [6.45, 7) is 0. The van der Waals surface area contributed by atoms with E-state index in [1.165, 1.54) is 13.4 Å². The molecule has 2 aromatic heterocycles. The van der Waals surface area contributed by atoms with Gasteiger partial charge >= 0.3 is 5.97 Å². The van der Waals surface area contributed by atoms with Crippen molar-refractivity contribution in [1.29, 1.82) is 0 Å². The van der Waals surface area contributed by atoms with Crippen molar-refractivity contribution in [3.63, 3.8) is 0 Å². The minimum atomic E-state index is -0.327. The van der Waals surface area contributed by atoms with Crippen molar-refractivity contribution in [1.82, 2.24) is 4.98 Å². The van der Waals surface area contributed by atoms with Gasteiger partial charge in [-0.25, -0.2) is 4.98 Å². The maximum atomic E-state index is 11.0. The number of oxazole rings is 1. The van der Waals surface area contributed by atoms with E-state index < -0.39 is 0 Å². The van der Waals surface area contributed by atoms with Gasteiger partial charge in [0.05, 0.1) is 19.2 Å². The zero-order valence-corrected chi connectivity index (χ0v) is 10.1. The van der Waals surface area contributed by atoms with Crippen molar-refractivity contribution in [2.24, 2.45) is 0 Å². The first-order valence-electron chi connectivity index (χ1n) is 5.01. The minimum Gasteiger partial charge on any atom is -0.469 e. The molecule has 0 radical (unpaired) electrons. The van der Waals surface area contributed by atoms with Crippen LogP contribution in [0.2, 0.25) is 0 Å². The van der Waals surface area contributed by atoms with E-state index in [0.717, 1.165) is 4.88 Å². The predicted octanol–water partition coefficient (Wildman–Crippen LogP) is 2.62. The highest BCUT2D eigenvalue weighted by Gasteiger charge is 2.07. The van der Waals surface area contributed by atoms with Crippen molar-refractivity contribution >= 4 is 29.5 Å². The van der Waals surface area contributed by atoms with E-state index in [9.17, 15) is 4.79 Å². The van der Waals surface area contributed by atoms with Crippen molar-refractivity contribution in [2.45, 2.75) is 6.42 Å². The Kier molecular flexibility index (Phi) is 3.72. The number of carbonyl (C=O) groups is 1. The number of hydrogen-bond acceptors (Lipinski definition) is 5. The average molecular weight is 249 g/mol. The lowest BCUT2D eigenvalue weighted by Gasteiger charge is -1.92. The smallest absolute Gasteiger partial charge is 0.311 e. The quantitative estimate of drug-likeness (QED) is 0.781. The average Bonchev–Trinajstić information content (AvgIpc) is 2.97. The van der Waals surface area contributed by atoms with Gasteiger partial charge in [-0.3, -0.25) is 4.79 Å². The maximum Gasteiger partial charge on any atom is 0.311 e. The first-order valence-corrected chi connectivity index (χ1v) is 5.88. The highest BCUT2D eigenvalue weighted by molar-refractivity contribution is 7.10. The molecule has 0 spiro atoms. The normalized spacial score (nSPS) is 10.9. The SMILES string of the molecule is COC(=O)Cc1coc(/C=C/c2cccs2)n1. The van der Waals surface area contributed by atoms with Gasteiger partial charge in [-0.2, -0.15) is 0 Å². The Labute approximate surface area is 103 Å². The number of ether oxygens (including phenoxy) is 1. The molecule has 0 amide bonds. The Morgan fingerprint density at radius 1 is 1.59 bits per heavy atom. The molecule has 5 heteroatoms. The van der Waals surface area contributed by atoms with Crippen LogP contribution in [0.3, 0.4) is 0 Å². The molecule has 2 aromatic rings. The fourth-order valence-electron chi connectivity index (χ4n) is 1.24. The molecule has 0 aliphatic rings. The van der Waals surface area contributed by atoms with Crippen LogP contribution in [0, 0.1) is 0 Å². The summed E-state index contributed by atoms with van der Waals surface area (Å²) in [5, 5.41) is 2.00. The number of methoxy groups -OCH3 is 1. The monoisotopic (exact) mass is 249 g/mol. The Morgan fingerprint density at radius 2 is 2.47 bits per heavy atom. The van der Waals surface area contributed by atoms with E-state index in [-0.39, 0.29) is 12.4 Å². The van der Waals surface area contributed by atoms with E-state index in [4.69, 9.17) is 4.42 Å². The van der Waals surface area contributed by atoms with Crippen LogP contribution >= 0.6 is 11.3 Å². The lowest BCUT2D eigenvalue weighted by molar-refractivity contribution is -0.139. The van der Waals surface area contributed by atoms with E-state index in [1.807, 2.05) is 23.6 Å². The van der Waals surface area contributed by atoms with Gasteiger partial charge in [0.1, 0.15) is 6.26 Å². The third-order valence-electron chi connectivity index (χ3n) is 2.06. The highest BCUT2D eigenvalue weighted by Crippen LogP contribution is 2.13. The van der Waals surface area contributed by atoms with E-state index in [0.29, 0.717) is 11.6 Å². The predicted molar refractivity (Wildman–Crippen MR) is 65.5 cm³/mol. The van der Waals surface area contributed by atoms with E-state index in [2.05, 4.69) is 9.72 Å². The number of nitrogens with zero attached hydrogens (tertiary/aromatic N) is 1. The molecule has 4 nitrogen and oxygen atoms in total. The summed E-state index contributed by atoms with van der Waals surface area (Å²) >= 11 is 1.63. The fraction of sp³-hybridized carbons (Fsp3) is 0.167. The number of aromatic nitrogens is 1. The van der Waals surface area contributed by atoms with Gasteiger partial charge in [0.25, 0.3) is 0 Å². The number of rotatable bonds is 4. The van der Waals surface area contributed by atoms with Gasteiger partial charge in [0.2, 0.25) is 5.89 Å². The molecule has 0 saturated carbocycles. The fourth-order valence-corrected chi connectivity index (χ4v) is 1.86. The van der Waals surface area contributed by atoms with Gasteiger partial charge in [0, 0.05) is 11.0 Å². The molecule has 0 fully saturated rings. The van der Waals surface area contributed by atoms with Crippen LogP contribution in [-0.2, 0) is 16.0 Å². The first kappa shape index (κ1) is 11.6. The number of thiophene rings is 1. The summed E-state index contributed by atoms with van der Waals surface area (Å²) in [5.41, 5.74) is 0.572. The number of hydrogen-bond donors (Lipinski definition) is 0. The molecule has 17 heavy (non-hydrogen) atoms. The van der Waals surface area contributed by atoms with Crippen LogP contribution < -0.4 is 0 Å². The topological polar surface area (TPSA) is 52.3 Å². The molecule has 0 bridgehead atoms. The molecule has 0 aliphatic heterocycles. The molecule has 2 heterocycles. The Bertz CT molecular complexity index is 514. The largest absolute Gasteiger partial charge is 0.469 e. The second-order valence-corrected chi connectivity index (χ2v) is 4.26. The standard InChI is InChI=1S/C12H11NO3S/c1-15-12(14)7-9-8-16-11(13-9)5-4-10-3-2-6-17-10/h2-6,8H,7H2,1H3/b5-4+. The summed E-state index contributed by atoms with van der Waals surface area (Å²) in [4.78, 5) is 16.3. The van der Waals surface area contributed by atoms with Crippen LogP contribution in [-0.4, -0.2) is 18.1 Å². The van der Waals surface area contributed by atoms with Crippen molar-refractivity contribution in [2.75, 3.05) is 7.11 Å². The summed E-state index contributed by atoms with van der Waals surface area (Å²) in [5.74, 6) is 0.157. The number of esters is 1. The Balaban J connectivity index is 2.01. The Hall–Kier alpha value is -1.88. The molecular weight excluding hydrogens is 238 g/mol. The van der Waals surface area contributed by atoms with Crippen molar-refractivity contribution in [3.05, 3.63) is 40.2 Å². The summed E-state index contributed by atoms with van der Waals surface area (Å²) < 4.78 is 9.75. The lowest BCUT2D eigenvalue weighted by Crippen LogP contribution is -2.04. The van der Waals surface area contributed by atoms with Gasteiger partial charge in [-0.1, -0.05) is 6.07 Å². The molecule has 0 aromatic carbocycles. The van der Waals surface area contributed by atoms with Gasteiger partial charge in [-0.15, -0.1) is 11.3 Å². The van der Waals surface area contributed by atoms with Crippen LogP contribution in [0.15, 0.2) is 28.2 Å². The highest BCUT2D eigenvalue weighted by atomic mass is 32.1. The second-order valence-electron chi connectivity index (χ2n) is 3.28. The van der Waals surface area contributed by atoms with Crippen molar-refractivity contribution in [3.8, 4) is 0 Å². The summed E-state index contributed by atoms with van der Waals surface area (Å²) in [6, 6.07) is 3.97. The van der Waals surface area contributed by atoms with Gasteiger partial charge < -0.3 is 9.15 Å². The van der Waals surface area contributed by atoms with Gasteiger partial charge in [0.15, 0.2) is 0 Å². The zero-order valence-electron chi connectivity index (χ0n) is 9.25. The second kappa shape index (κ2) is 5.45. The molecule has 0 N–H and O–H groups in total. The molecule has 0 unspecified atom stereocenters. The van der Waals surface area contributed by atoms with Crippen LogP contribution in [0.4, 0.5) is 0 Å². The molecule has 0 saturated heterocycles. The molecule has 88 valence electrons. The zero-order chi connectivity index (χ0) is 12.1. The van der Waals surface area contributed by atoms with Crippen LogP contribution in [0.1, 0.15) is 16.5 Å². The molecular formula is C12H11NO3S. The molecule has 2 rings (SSSR count). The molecule has 0 atom stereocenters. The van der Waals surface area contributed by atoms with Crippen molar-refractivity contribution < 1.29 is 13.9 Å². The van der Waals surface area contributed by atoms with E-state index >= 15 is 0 Å². The van der Waals surface area contributed by atoms with Crippen LogP contribution in [0.5, 0.6) is 0 Å². The van der Waals surface area contributed by atoms with E-state index in [1.54, 1.807) is 17.4 Å². The maximum absolute atomic E-state index is 11.0. The minimum absolute atomic E-state index is 0.132. The number of carbonyl (C=O) groups excluding carboxylic acids is 1. The van der Waals surface area contributed by atoms with Crippen LogP contribution in [0.25, 0.3) is 12.2 Å².